The maximum absolute atomic E-state index is 3.80. The van der Waals surface area contributed by atoms with Gasteiger partial charge < -0.3 is 10.2 Å². The molecule has 0 bridgehead atoms. The average Bonchev–Trinajstić information content (AvgIpc) is 2.39. The second-order valence-electron chi connectivity index (χ2n) is 5.96. The van der Waals surface area contributed by atoms with E-state index in [9.17, 15) is 0 Å². The van der Waals surface area contributed by atoms with E-state index in [0.29, 0.717) is 5.54 Å². The molecule has 3 rings (SSSR count). The van der Waals surface area contributed by atoms with E-state index in [0.717, 1.165) is 0 Å². The number of anilines is 1. The average molecular weight is 244 g/mol. The zero-order valence-electron chi connectivity index (χ0n) is 11.2. The Morgan fingerprint density at radius 1 is 0.944 bits per heavy atom. The van der Waals surface area contributed by atoms with Gasteiger partial charge in [-0.2, -0.15) is 0 Å². The van der Waals surface area contributed by atoms with E-state index < -0.39 is 0 Å². The molecule has 0 amide bonds. The van der Waals surface area contributed by atoms with Crippen molar-refractivity contribution in [1.82, 2.24) is 4.90 Å². The molecule has 2 heteroatoms. The van der Waals surface area contributed by atoms with Crippen LogP contribution in [0.3, 0.4) is 0 Å². The maximum atomic E-state index is 3.80. The quantitative estimate of drug-likeness (QED) is 0.872. The van der Waals surface area contributed by atoms with E-state index in [2.05, 4.69) is 40.5 Å². The van der Waals surface area contributed by atoms with Crippen molar-refractivity contribution in [3.63, 3.8) is 0 Å². The van der Waals surface area contributed by atoms with Crippen molar-refractivity contribution in [2.45, 2.75) is 44.1 Å². The number of hydrogen-bond donors (Lipinski definition) is 1. The minimum absolute atomic E-state index is 0.360. The van der Waals surface area contributed by atoms with Gasteiger partial charge in [0.25, 0.3) is 0 Å². The predicted octanol–water partition coefficient (Wildman–Crippen LogP) is 3.51. The molecular formula is C16H24N2. The first kappa shape index (κ1) is 12.0. The lowest BCUT2D eigenvalue weighted by Gasteiger charge is -2.47. The summed E-state index contributed by atoms with van der Waals surface area (Å²) >= 11 is 0. The summed E-state index contributed by atoms with van der Waals surface area (Å²) in [5, 5.41) is 3.80. The summed E-state index contributed by atoms with van der Waals surface area (Å²) < 4.78 is 0. The Bertz CT molecular complexity index is 364. The summed E-state index contributed by atoms with van der Waals surface area (Å²) in [6, 6.07) is 10.7. The fraction of sp³-hybridized carbons (Fsp3) is 0.625. The number of rotatable bonds is 4. The Balaban J connectivity index is 1.63. The topological polar surface area (TPSA) is 15.3 Å². The van der Waals surface area contributed by atoms with Crippen LogP contribution in [0, 0.1) is 0 Å². The van der Waals surface area contributed by atoms with Gasteiger partial charge in [0, 0.05) is 12.2 Å². The zero-order chi connectivity index (χ0) is 12.3. The molecule has 0 radical (unpaired) electrons. The van der Waals surface area contributed by atoms with E-state index in [-0.39, 0.29) is 0 Å². The maximum Gasteiger partial charge on any atom is 0.0500 e. The zero-order valence-corrected chi connectivity index (χ0v) is 11.2. The molecule has 1 heterocycles. The molecule has 1 aliphatic heterocycles. The third-order valence-corrected chi connectivity index (χ3v) is 4.47. The molecule has 0 aromatic heterocycles. The minimum atomic E-state index is 0.360. The molecule has 0 atom stereocenters. The molecule has 98 valence electrons. The van der Waals surface area contributed by atoms with Crippen LogP contribution in [-0.2, 0) is 0 Å². The molecule has 1 saturated heterocycles. The van der Waals surface area contributed by atoms with E-state index in [1.807, 2.05) is 0 Å². The second-order valence-corrected chi connectivity index (χ2v) is 5.96. The molecule has 2 aliphatic rings. The first-order valence-corrected chi connectivity index (χ1v) is 7.42. The van der Waals surface area contributed by atoms with Crippen LogP contribution in [0.2, 0.25) is 0 Å². The Labute approximate surface area is 110 Å². The minimum Gasteiger partial charge on any atom is -0.378 e. The molecule has 18 heavy (non-hydrogen) atoms. The second kappa shape index (κ2) is 5.31. The van der Waals surface area contributed by atoms with Crippen LogP contribution < -0.4 is 5.32 Å². The number of piperidine rings is 1. The number of nitrogens with one attached hydrogen (secondary N) is 1. The van der Waals surface area contributed by atoms with Gasteiger partial charge in [-0.15, -0.1) is 0 Å². The van der Waals surface area contributed by atoms with Crippen molar-refractivity contribution < 1.29 is 0 Å². The van der Waals surface area contributed by atoms with Gasteiger partial charge in [-0.1, -0.05) is 24.6 Å². The van der Waals surface area contributed by atoms with Gasteiger partial charge in [-0.25, -0.2) is 0 Å². The van der Waals surface area contributed by atoms with Crippen LogP contribution in [0.15, 0.2) is 30.3 Å². The third kappa shape index (κ3) is 2.69. The summed E-state index contributed by atoms with van der Waals surface area (Å²) in [5.41, 5.74) is 1.65. The van der Waals surface area contributed by atoms with E-state index >= 15 is 0 Å². The Kier molecular flexibility index (Phi) is 3.55. The van der Waals surface area contributed by atoms with Gasteiger partial charge in [0.05, 0.1) is 5.54 Å². The number of nitrogens with zero attached hydrogens (tertiary/aromatic N) is 1. The highest BCUT2D eigenvalue weighted by molar-refractivity contribution is 5.46. The van der Waals surface area contributed by atoms with E-state index in [1.54, 1.807) is 0 Å². The number of benzene rings is 1. The van der Waals surface area contributed by atoms with Crippen molar-refractivity contribution in [2.75, 3.05) is 25.0 Å². The molecule has 1 saturated carbocycles. The highest BCUT2D eigenvalue weighted by atomic mass is 15.2. The summed E-state index contributed by atoms with van der Waals surface area (Å²) in [6.45, 7) is 3.85. The number of para-hydroxylation sites is 1. The van der Waals surface area contributed by atoms with Crippen LogP contribution in [0.4, 0.5) is 5.69 Å². The lowest BCUT2D eigenvalue weighted by molar-refractivity contribution is 0.141. The molecule has 1 aliphatic carbocycles. The summed E-state index contributed by atoms with van der Waals surface area (Å²) in [7, 11) is 0. The van der Waals surface area contributed by atoms with Crippen molar-refractivity contribution in [2.24, 2.45) is 0 Å². The summed E-state index contributed by atoms with van der Waals surface area (Å²) in [4.78, 5) is 2.67. The standard InChI is InChI=1S/C16H24N2/c1-3-8-15(9-4-1)17-16(10-7-11-16)14-18-12-5-2-6-13-18/h1,3-4,8-9,17H,2,5-7,10-14H2. The normalized spacial score (nSPS) is 23.3. The molecule has 1 aromatic rings. The van der Waals surface area contributed by atoms with Crippen molar-refractivity contribution >= 4 is 5.69 Å². The van der Waals surface area contributed by atoms with Crippen molar-refractivity contribution in [1.29, 1.82) is 0 Å². The molecule has 2 nitrogen and oxygen atoms in total. The Hall–Kier alpha value is -1.02. The largest absolute Gasteiger partial charge is 0.378 e. The van der Waals surface area contributed by atoms with Gasteiger partial charge in [0.1, 0.15) is 0 Å². The fourth-order valence-electron chi connectivity index (χ4n) is 3.30. The highest BCUT2D eigenvalue weighted by Gasteiger charge is 2.38. The van der Waals surface area contributed by atoms with Gasteiger partial charge in [-0.3, -0.25) is 0 Å². The van der Waals surface area contributed by atoms with E-state index in [1.165, 1.54) is 63.8 Å². The Morgan fingerprint density at radius 2 is 1.67 bits per heavy atom. The molecular weight excluding hydrogens is 220 g/mol. The molecule has 1 N–H and O–H groups in total. The van der Waals surface area contributed by atoms with Crippen molar-refractivity contribution in [3.05, 3.63) is 30.3 Å². The number of likely N-dealkylation sites (tertiary alicyclic amines) is 1. The smallest absolute Gasteiger partial charge is 0.0500 e. The van der Waals surface area contributed by atoms with Gasteiger partial charge >= 0.3 is 0 Å². The third-order valence-electron chi connectivity index (χ3n) is 4.47. The summed E-state index contributed by atoms with van der Waals surface area (Å²) in [6.07, 6.45) is 8.25. The molecule has 0 spiro atoms. The van der Waals surface area contributed by atoms with E-state index in [4.69, 9.17) is 0 Å². The van der Waals surface area contributed by atoms with Crippen LogP contribution in [-0.4, -0.2) is 30.1 Å². The lowest BCUT2D eigenvalue weighted by Crippen LogP contribution is -2.54. The van der Waals surface area contributed by atoms with Gasteiger partial charge in [0.2, 0.25) is 0 Å². The molecule has 1 aromatic carbocycles. The monoisotopic (exact) mass is 244 g/mol. The fourth-order valence-corrected chi connectivity index (χ4v) is 3.30. The van der Waals surface area contributed by atoms with Gasteiger partial charge in [-0.05, 0) is 57.3 Å². The summed E-state index contributed by atoms with van der Waals surface area (Å²) in [5.74, 6) is 0. The lowest BCUT2D eigenvalue weighted by atomic mass is 9.76. The van der Waals surface area contributed by atoms with Crippen LogP contribution in [0.5, 0.6) is 0 Å². The van der Waals surface area contributed by atoms with Crippen molar-refractivity contribution in [3.8, 4) is 0 Å². The highest BCUT2D eigenvalue weighted by Crippen LogP contribution is 2.36. The molecule has 2 fully saturated rings. The Morgan fingerprint density at radius 3 is 2.28 bits per heavy atom. The number of hydrogen-bond acceptors (Lipinski definition) is 2. The van der Waals surface area contributed by atoms with Crippen LogP contribution >= 0.6 is 0 Å². The SMILES string of the molecule is c1ccc(NC2(CN3CCCCC3)CCC2)cc1. The first-order valence-electron chi connectivity index (χ1n) is 7.42. The predicted molar refractivity (Wildman–Crippen MR) is 76.9 cm³/mol. The first-order chi connectivity index (χ1) is 8.86. The van der Waals surface area contributed by atoms with Crippen LogP contribution in [0.1, 0.15) is 38.5 Å². The van der Waals surface area contributed by atoms with Crippen LogP contribution in [0.25, 0.3) is 0 Å². The van der Waals surface area contributed by atoms with Gasteiger partial charge in [0.15, 0.2) is 0 Å². The molecule has 0 unspecified atom stereocenters.